The van der Waals surface area contributed by atoms with Gasteiger partial charge in [-0.1, -0.05) is 31.2 Å². The molecule has 0 unspecified atom stereocenters. The van der Waals surface area contributed by atoms with E-state index in [1.165, 1.54) is 0 Å². The Balaban J connectivity index is 1.20. The fraction of sp³-hybridized carbons (Fsp3) is 0.341. The molecule has 282 valence electrons. The number of aryl methyl sites for hydroxylation is 1. The minimum Gasteiger partial charge on any atom is -0.481 e. The molecule has 11 heteroatoms. The third-order valence-electron chi connectivity index (χ3n) is 10.9. The smallest absolute Gasteiger partial charge is 0.310 e. The van der Waals surface area contributed by atoms with Crippen LogP contribution in [0.5, 0.6) is 0 Å². The zero-order chi connectivity index (χ0) is 39.0. The molecule has 1 fully saturated rings. The normalized spacial score (nSPS) is 16.5. The molecule has 6 aromatic rings. The Morgan fingerprint density at radius 1 is 1.04 bits per heavy atom. The van der Waals surface area contributed by atoms with Gasteiger partial charge in [-0.2, -0.15) is 5.26 Å². The number of rotatable bonds is 12. The Hall–Kier alpha value is -5.67. The van der Waals surface area contributed by atoms with Crippen LogP contribution < -0.4 is 10.6 Å². The number of hydrogen-bond donors (Lipinski definition) is 4. The Kier molecular flexibility index (Phi) is 10.4. The standard InChI is InChI=1S/C44H47N7O4/c1-7-32-28(5)48-37-18-30(21-46-20-25(2)52)22-47-40(37)39(32)49-36-13-9-11-34(27(36)4)33-10-8-12-35(26(33)3)42-50-38-17-29(16-31(19-45)41(38)55-42)23-51-15-14-44(6,24-51)43(53)54/h8-13,16-18,22,25,46,52H,7,14-15,20-21,23-24H2,1-6H3,(H,48,49)(H,53,54)/t25-,44+/m0/s1. The molecule has 4 N–H and O–H groups in total. The fourth-order valence-electron chi connectivity index (χ4n) is 7.80. The van der Waals surface area contributed by atoms with Crippen LogP contribution in [0.25, 0.3) is 44.7 Å². The van der Waals surface area contributed by atoms with Gasteiger partial charge in [-0.05, 0) is 123 Å². The van der Waals surface area contributed by atoms with Crippen LogP contribution in [0.3, 0.4) is 0 Å². The summed E-state index contributed by atoms with van der Waals surface area (Å²) in [6.45, 7) is 14.6. The number of aliphatic carboxylic acids is 1. The van der Waals surface area contributed by atoms with Crippen molar-refractivity contribution in [1.29, 1.82) is 5.26 Å². The van der Waals surface area contributed by atoms with Gasteiger partial charge in [0.15, 0.2) is 5.58 Å². The van der Waals surface area contributed by atoms with Crippen LogP contribution in [-0.4, -0.2) is 61.8 Å². The molecule has 0 radical (unpaired) electrons. The lowest BCUT2D eigenvalue weighted by atomic mass is 9.90. The van der Waals surface area contributed by atoms with Gasteiger partial charge >= 0.3 is 5.97 Å². The number of carboxylic acid groups (broad SMARTS) is 1. The van der Waals surface area contributed by atoms with Crippen LogP contribution in [-0.2, 0) is 24.3 Å². The molecule has 0 bridgehead atoms. The molecule has 1 aliphatic rings. The second-order valence-electron chi connectivity index (χ2n) is 15.1. The van der Waals surface area contributed by atoms with Gasteiger partial charge in [-0.3, -0.25) is 19.7 Å². The molecule has 2 atom stereocenters. The van der Waals surface area contributed by atoms with E-state index in [2.05, 4.69) is 72.7 Å². The lowest BCUT2D eigenvalue weighted by Crippen LogP contribution is -2.31. The van der Waals surface area contributed by atoms with Crippen LogP contribution in [0.4, 0.5) is 11.4 Å². The van der Waals surface area contributed by atoms with Crippen molar-refractivity contribution < 1.29 is 19.4 Å². The third kappa shape index (κ3) is 7.41. The van der Waals surface area contributed by atoms with Crippen molar-refractivity contribution in [3.8, 4) is 28.7 Å². The van der Waals surface area contributed by atoms with E-state index in [1.807, 2.05) is 37.4 Å². The first-order valence-corrected chi connectivity index (χ1v) is 18.8. The third-order valence-corrected chi connectivity index (χ3v) is 10.9. The highest BCUT2D eigenvalue weighted by molar-refractivity contribution is 5.93. The second-order valence-corrected chi connectivity index (χ2v) is 15.1. The molecule has 3 aromatic heterocycles. The summed E-state index contributed by atoms with van der Waals surface area (Å²) < 4.78 is 6.32. The summed E-state index contributed by atoms with van der Waals surface area (Å²) in [5.74, 6) is -0.346. The molecule has 0 aliphatic carbocycles. The van der Waals surface area contributed by atoms with Crippen LogP contribution >= 0.6 is 0 Å². The van der Waals surface area contributed by atoms with E-state index in [0.29, 0.717) is 61.7 Å². The number of aliphatic hydroxyl groups is 1. The summed E-state index contributed by atoms with van der Waals surface area (Å²) in [4.78, 5) is 28.6. The predicted molar refractivity (Wildman–Crippen MR) is 215 cm³/mol. The lowest BCUT2D eigenvalue weighted by Gasteiger charge is -2.20. The van der Waals surface area contributed by atoms with Gasteiger partial charge in [0.05, 0.1) is 28.3 Å². The van der Waals surface area contributed by atoms with Gasteiger partial charge in [-0.15, -0.1) is 0 Å². The van der Waals surface area contributed by atoms with Crippen molar-refractivity contribution in [2.45, 2.75) is 73.6 Å². The molecule has 55 heavy (non-hydrogen) atoms. The highest BCUT2D eigenvalue weighted by Crippen LogP contribution is 2.39. The van der Waals surface area contributed by atoms with Gasteiger partial charge in [0, 0.05) is 49.3 Å². The molecule has 7 rings (SSSR count). The largest absolute Gasteiger partial charge is 0.481 e. The predicted octanol–water partition coefficient (Wildman–Crippen LogP) is 7.97. The lowest BCUT2D eigenvalue weighted by molar-refractivity contribution is -0.147. The zero-order valence-electron chi connectivity index (χ0n) is 32.2. The maximum absolute atomic E-state index is 11.8. The topological polar surface area (TPSA) is 160 Å². The number of anilines is 2. The SMILES string of the molecule is CCc1c(C)nc2cc(CNC[C@H](C)O)cnc2c1Nc1cccc(-c2cccc(-c3nc4cc(CN5CC[C@@](C)(C(=O)O)C5)cc(C#N)c4o3)c2C)c1C. The molecule has 11 nitrogen and oxygen atoms in total. The van der Waals surface area contributed by atoms with Gasteiger partial charge in [0.1, 0.15) is 17.1 Å². The Labute approximate surface area is 321 Å². The van der Waals surface area contributed by atoms with E-state index < -0.39 is 17.5 Å². The van der Waals surface area contributed by atoms with Crippen molar-refractivity contribution in [1.82, 2.24) is 25.2 Å². The number of nitrogens with one attached hydrogen (secondary N) is 2. The first kappa shape index (κ1) is 37.6. The molecular formula is C44H47N7O4. The number of nitriles is 1. The van der Waals surface area contributed by atoms with E-state index >= 15 is 0 Å². The van der Waals surface area contributed by atoms with Crippen molar-refractivity contribution in [3.63, 3.8) is 0 Å². The summed E-state index contributed by atoms with van der Waals surface area (Å²) >= 11 is 0. The van der Waals surface area contributed by atoms with Crippen molar-refractivity contribution >= 4 is 39.5 Å². The van der Waals surface area contributed by atoms with Crippen LogP contribution in [0.1, 0.15) is 66.3 Å². The number of fused-ring (bicyclic) bond motifs is 2. The maximum Gasteiger partial charge on any atom is 0.310 e. The van der Waals surface area contributed by atoms with Crippen molar-refractivity contribution in [2.75, 3.05) is 25.0 Å². The number of hydrogen-bond acceptors (Lipinski definition) is 10. The number of nitrogens with zero attached hydrogens (tertiary/aromatic N) is 5. The monoisotopic (exact) mass is 737 g/mol. The molecular weight excluding hydrogens is 691 g/mol. The van der Waals surface area contributed by atoms with E-state index in [1.54, 1.807) is 13.8 Å². The van der Waals surface area contributed by atoms with Gasteiger partial charge in [0.25, 0.3) is 0 Å². The van der Waals surface area contributed by atoms with Crippen molar-refractivity contribution in [2.24, 2.45) is 5.41 Å². The molecule has 0 spiro atoms. The molecule has 0 saturated carbocycles. The minimum absolute atomic E-state index is 0.402. The minimum atomic E-state index is -0.783. The highest BCUT2D eigenvalue weighted by Gasteiger charge is 2.40. The molecule has 4 heterocycles. The molecule has 3 aromatic carbocycles. The second kappa shape index (κ2) is 15.2. The summed E-state index contributed by atoms with van der Waals surface area (Å²) in [5, 5.41) is 36.4. The Morgan fingerprint density at radius 3 is 2.47 bits per heavy atom. The van der Waals surface area contributed by atoms with Crippen LogP contribution in [0, 0.1) is 37.5 Å². The summed E-state index contributed by atoms with van der Waals surface area (Å²) in [6.07, 6.45) is 2.82. The maximum atomic E-state index is 11.8. The van der Waals surface area contributed by atoms with Gasteiger partial charge in [-0.25, -0.2) is 4.98 Å². The summed E-state index contributed by atoms with van der Waals surface area (Å²) in [5.41, 5.74) is 13.1. The molecule has 1 saturated heterocycles. The van der Waals surface area contributed by atoms with Crippen molar-refractivity contribution in [3.05, 3.63) is 99.9 Å². The number of likely N-dealkylation sites (tertiary alicyclic amines) is 1. The number of aromatic nitrogens is 3. The fourth-order valence-corrected chi connectivity index (χ4v) is 7.80. The number of benzene rings is 3. The first-order valence-electron chi connectivity index (χ1n) is 18.8. The number of aliphatic hydroxyl groups excluding tert-OH is 1. The Bertz CT molecular complexity index is 2480. The van der Waals surface area contributed by atoms with Crippen LogP contribution in [0.2, 0.25) is 0 Å². The number of pyridine rings is 2. The molecule has 1 aliphatic heterocycles. The summed E-state index contributed by atoms with van der Waals surface area (Å²) in [7, 11) is 0. The van der Waals surface area contributed by atoms with Gasteiger partial charge in [0.2, 0.25) is 5.89 Å². The average molecular weight is 738 g/mol. The van der Waals surface area contributed by atoms with Gasteiger partial charge < -0.3 is 25.3 Å². The molecule has 0 amide bonds. The highest BCUT2D eigenvalue weighted by atomic mass is 16.4. The average Bonchev–Trinajstić information content (AvgIpc) is 3.76. The van der Waals surface area contributed by atoms with E-state index in [0.717, 1.165) is 79.0 Å². The number of carboxylic acids is 1. The Morgan fingerprint density at radius 2 is 1.76 bits per heavy atom. The van der Waals surface area contributed by atoms with E-state index in [9.17, 15) is 20.3 Å². The van der Waals surface area contributed by atoms with Crippen LogP contribution in [0.15, 0.2) is 65.2 Å². The summed E-state index contributed by atoms with van der Waals surface area (Å²) in [6, 6.07) is 20.5. The van der Waals surface area contributed by atoms with E-state index in [-0.39, 0.29) is 0 Å². The van der Waals surface area contributed by atoms with E-state index in [4.69, 9.17) is 19.4 Å². The first-order chi connectivity index (χ1) is 26.4. The quantitative estimate of drug-likeness (QED) is 0.0964. The zero-order valence-corrected chi connectivity index (χ0v) is 32.2. The number of carbonyl (C=O) groups is 1. The number of oxazole rings is 1.